The molecule has 0 aromatic carbocycles. The molecule has 2 fully saturated rings. The van der Waals surface area contributed by atoms with Crippen molar-refractivity contribution in [2.24, 2.45) is 17.6 Å². The summed E-state index contributed by atoms with van der Waals surface area (Å²) in [5.74, 6) is -2.69. The van der Waals surface area contributed by atoms with Gasteiger partial charge in [-0.25, -0.2) is 9.78 Å². The molecule has 0 spiro atoms. The molecule has 5 atom stereocenters. The zero-order chi connectivity index (χ0) is 21.0. The Kier molecular flexibility index (Phi) is 5.07. The van der Waals surface area contributed by atoms with E-state index in [1.54, 1.807) is 12.3 Å². The van der Waals surface area contributed by atoms with Crippen molar-refractivity contribution in [2.75, 3.05) is 18.0 Å². The standard InChI is InChI=1S/C18H22N4O5S2/c1-7-12-11(8(2)23)16(25)22(12)13(17(26)27)14(7)29-9-3-4-21(5-9)18-20-10(6-28-18)15(19)24/h6-9,11-12,23H,3-5H2,1-2H3,(H2,19,24)(H,26,27)/t7-,8-,9-,11-,12-/m1/s1. The maximum Gasteiger partial charge on any atom is 0.353 e. The number of aliphatic carboxylic acids is 1. The van der Waals surface area contributed by atoms with Gasteiger partial charge in [0.25, 0.3) is 5.91 Å². The number of β-lactam (4-membered cyclic amide) rings is 1. The van der Waals surface area contributed by atoms with Crippen LogP contribution in [0.15, 0.2) is 16.0 Å². The number of carbonyl (C=O) groups is 3. The number of aromatic nitrogens is 1. The van der Waals surface area contributed by atoms with Gasteiger partial charge in [-0.05, 0) is 13.3 Å². The van der Waals surface area contributed by atoms with Gasteiger partial charge in [-0.3, -0.25) is 9.59 Å². The van der Waals surface area contributed by atoms with Crippen LogP contribution in [0.25, 0.3) is 0 Å². The van der Waals surface area contributed by atoms with Crippen molar-refractivity contribution in [3.05, 3.63) is 21.7 Å². The minimum atomic E-state index is -1.11. The van der Waals surface area contributed by atoms with Crippen molar-refractivity contribution in [2.45, 2.75) is 37.7 Å². The van der Waals surface area contributed by atoms with Crippen LogP contribution in [0.1, 0.15) is 30.8 Å². The van der Waals surface area contributed by atoms with Gasteiger partial charge in [-0.15, -0.1) is 23.1 Å². The fourth-order valence-electron chi connectivity index (χ4n) is 4.38. The second-order valence-corrected chi connectivity index (χ2v) is 9.80. The van der Waals surface area contributed by atoms with Crippen LogP contribution >= 0.6 is 23.1 Å². The molecule has 2 amide bonds. The second kappa shape index (κ2) is 7.29. The summed E-state index contributed by atoms with van der Waals surface area (Å²) in [6.45, 7) is 4.90. The van der Waals surface area contributed by atoms with Crippen LogP contribution in [0.5, 0.6) is 0 Å². The molecule has 1 aromatic rings. The number of hydrogen-bond acceptors (Lipinski definition) is 8. The molecular formula is C18H22N4O5S2. The Bertz CT molecular complexity index is 914. The number of nitrogens with two attached hydrogens (primary N) is 1. The number of primary amides is 1. The third kappa shape index (κ3) is 3.21. The number of thiazole rings is 1. The minimum absolute atomic E-state index is 0.0538. The van der Waals surface area contributed by atoms with E-state index in [9.17, 15) is 24.6 Å². The van der Waals surface area contributed by atoms with Crippen molar-refractivity contribution >= 4 is 46.0 Å². The summed E-state index contributed by atoms with van der Waals surface area (Å²) >= 11 is 2.86. The van der Waals surface area contributed by atoms with Crippen LogP contribution in [0.2, 0.25) is 0 Å². The van der Waals surface area contributed by atoms with E-state index in [4.69, 9.17) is 5.73 Å². The lowest BCUT2D eigenvalue weighted by Gasteiger charge is -2.46. The van der Waals surface area contributed by atoms with Gasteiger partial charge in [0.15, 0.2) is 5.13 Å². The molecule has 156 valence electrons. The Balaban J connectivity index is 1.51. The number of rotatable bonds is 6. The van der Waals surface area contributed by atoms with Crippen LogP contribution < -0.4 is 10.6 Å². The van der Waals surface area contributed by atoms with E-state index < -0.39 is 23.9 Å². The van der Waals surface area contributed by atoms with Crippen LogP contribution in [-0.4, -0.2) is 68.4 Å². The normalized spacial score (nSPS) is 29.8. The second-order valence-electron chi connectivity index (χ2n) is 7.63. The molecule has 1 aromatic heterocycles. The van der Waals surface area contributed by atoms with Gasteiger partial charge >= 0.3 is 5.97 Å². The number of amides is 2. The van der Waals surface area contributed by atoms with E-state index in [2.05, 4.69) is 9.88 Å². The molecular weight excluding hydrogens is 416 g/mol. The number of fused-ring (bicyclic) bond motifs is 1. The summed E-state index contributed by atoms with van der Waals surface area (Å²) in [5, 5.41) is 22.2. The lowest BCUT2D eigenvalue weighted by Crippen LogP contribution is -2.63. The highest BCUT2D eigenvalue weighted by atomic mass is 32.2. The topological polar surface area (TPSA) is 137 Å². The smallest absolute Gasteiger partial charge is 0.353 e. The summed E-state index contributed by atoms with van der Waals surface area (Å²) in [7, 11) is 0. The molecule has 0 unspecified atom stereocenters. The van der Waals surface area contributed by atoms with E-state index in [1.807, 2.05) is 6.92 Å². The minimum Gasteiger partial charge on any atom is -0.477 e. The quantitative estimate of drug-likeness (QED) is 0.552. The van der Waals surface area contributed by atoms with E-state index in [0.717, 1.165) is 18.1 Å². The monoisotopic (exact) mass is 438 g/mol. The van der Waals surface area contributed by atoms with Crippen molar-refractivity contribution < 1.29 is 24.6 Å². The molecule has 4 N–H and O–H groups in total. The summed E-state index contributed by atoms with van der Waals surface area (Å²) in [6.07, 6.45) is 0.0227. The molecule has 0 radical (unpaired) electrons. The van der Waals surface area contributed by atoms with Gasteiger partial charge in [0.05, 0.1) is 18.1 Å². The molecule has 29 heavy (non-hydrogen) atoms. The number of aliphatic hydroxyl groups excluding tert-OH is 1. The number of carbonyl (C=O) groups excluding carboxylic acids is 2. The molecule has 4 heterocycles. The van der Waals surface area contributed by atoms with Gasteiger partial charge in [-0.2, -0.15) is 0 Å². The average Bonchev–Trinajstić information content (AvgIpc) is 3.33. The highest BCUT2D eigenvalue weighted by Crippen LogP contribution is 2.52. The first kappa shape index (κ1) is 20.2. The first-order valence-electron chi connectivity index (χ1n) is 9.36. The highest BCUT2D eigenvalue weighted by molar-refractivity contribution is 8.03. The van der Waals surface area contributed by atoms with Gasteiger partial charge in [0, 0.05) is 34.5 Å². The highest BCUT2D eigenvalue weighted by Gasteiger charge is 2.60. The Morgan fingerprint density at radius 1 is 1.45 bits per heavy atom. The largest absolute Gasteiger partial charge is 0.477 e. The molecule has 11 heteroatoms. The zero-order valence-electron chi connectivity index (χ0n) is 15.9. The van der Waals surface area contributed by atoms with Gasteiger partial charge in [-0.1, -0.05) is 6.92 Å². The number of hydrogen-bond donors (Lipinski definition) is 3. The summed E-state index contributed by atoms with van der Waals surface area (Å²) in [4.78, 5) is 44.0. The Morgan fingerprint density at radius 3 is 2.76 bits per heavy atom. The van der Waals surface area contributed by atoms with E-state index in [-0.39, 0.29) is 34.5 Å². The molecule has 3 aliphatic rings. The number of thioether (sulfide) groups is 1. The number of aliphatic hydroxyl groups is 1. The fraction of sp³-hybridized carbons (Fsp3) is 0.556. The molecule has 4 rings (SSSR count). The van der Waals surface area contributed by atoms with Gasteiger partial charge < -0.3 is 25.7 Å². The van der Waals surface area contributed by atoms with Gasteiger partial charge in [0.2, 0.25) is 5.91 Å². The van der Waals surface area contributed by atoms with E-state index in [1.165, 1.54) is 28.0 Å². The van der Waals surface area contributed by atoms with Crippen LogP contribution in [0.3, 0.4) is 0 Å². The fourth-order valence-corrected chi connectivity index (χ4v) is 6.72. The SMILES string of the molecule is C[C@@H](O)[C@H]1C(=O)N2C(C(=O)O)=C(S[C@@H]3CCN(c4nc(C(N)=O)cs4)C3)[C@H](C)[C@H]12. The van der Waals surface area contributed by atoms with Crippen LogP contribution in [0.4, 0.5) is 5.13 Å². The lowest BCUT2D eigenvalue weighted by molar-refractivity contribution is -0.163. The first-order valence-corrected chi connectivity index (χ1v) is 11.1. The van der Waals surface area contributed by atoms with Crippen LogP contribution in [-0.2, 0) is 9.59 Å². The third-order valence-corrected chi connectivity index (χ3v) is 8.20. The third-order valence-electron chi connectivity index (χ3n) is 5.76. The predicted octanol–water partition coefficient (Wildman–Crippen LogP) is 0.708. The molecule has 3 aliphatic heterocycles. The average molecular weight is 439 g/mol. The van der Waals surface area contributed by atoms with Crippen molar-refractivity contribution in [3.63, 3.8) is 0 Å². The Morgan fingerprint density at radius 2 is 2.17 bits per heavy atom. The van der Waals surface area contributed by atoms with Crippen LogP contribution in [0, 0.1) is 11.8 Å². The van der Waals surface area contributed by atoms with Crippen molar-refractivity contribution in [3.8, 4) is 0 Å². The lowest BCUT2D eigenvalue weighted by atomic mass is 9.79. The maximum absolute atomic E-state index is 12.4. The van der Waals surface area contributed by atoms with Crippen molar-refractivity contribution in [1.82, 2.24) is 9.88 Å². The summed E-state index contributed by atoms with van der Waals surface area (Å²) in [6, 6.07) is -0.300. The van der Waals surface area contributed by atoms with E-state index in [0.29, 0.717) is 11.4 Å². The summed E-state index contributed by atoms with van der Waals surface area (Å²) < 4.78 is 0. The zero-order valence-corrected chi connectivity index (χ0v) is 17.6. The maximum atomic E-state index is 12.4. The molecule has 2 saturated heterocycles. The molecule has 0 bridgehead atoms. The molecule has 0 saturated carbocycles. The number of carboxylic acid groups (broad SMARTS) is 1. The predicted molar refractivity (Wildman–Crippen MR) is 108 cm³/mol. The van der Waals surface area contributed by atoms with Gasteiger partial charge in [0.1, 0.15) is 11.4 Å². The number of carboxylic acids is 1. The Labute approximate surface area is 175 Å². The summed E-state index contributed by atoms with van der Waals surface area (Å²) in [5.41, 5.74) is 5.57. The number of nitrogens with zero attached hydrogens (tertiary/aromatic N) is 3. The first-order chi connectivity index (χ1) is 13.7. The number of anilines is 1. The molecule has 9 nitrogen and oxygen atoms in total. The Hall–Kier alpha value is -2.11. The van der Waals surface area contributed by atoms with Crippen molar-refractivity contribution in [1.29, 1.82) is 0 Å². The molecule has 0 aliphatic carbocycles. The van der Waals surface area contributed by atoms with E-state index >= 15 is 0 Å².